The van der Waals surface area contributed by atoms with E-state index in [1.54, 1.807) is 30.6 Å². The minimum atomic E-state index is -0.449. The third-order valence-corrected chi connectivity index (χ3v) is 2.53. The van der Waals surface area contributed by atoms with Crippen LogP contribution in [-0.2, 0) is 4.74 Å². The van der Waals surface area contributed by atoms with E-state index in [4.69, 9.17) is 11.1 Å². The summed E-state index contributed by atoms with van der Waals surface area (Å²) >= 11 is 0. The molecule has 6 nitrogen and oxygen atoms in total. The molecule has 0 unspecified atom stereocenters. The van der Waals surface area contributed by atoms with Crippen LogP contribution < -0.4 is 5.73 Å². The smallest absolute Gasteiger partial charge is 0.339 e. The van der Waals surface area contributed by atoms with Crippen LogP contribution in [0.1, 0.15) is 16.1 Å². The predicted molar refractivity (Wildman–Crippen MR) is 69.8 cm³/mol. The maximum Gasteiger partial charge on any atom is 0.339 e. The van der Waals surface area contributed by atoms with Crippen molar-refractivity contribution in [2.24, 2.45) is 5.73 Å². The number of nitrogens with one attached hydrogen (secondary N) is 1. The second-order valence-electron chi connectivity index (χ2n) is 3.80. The summed E-state index contributed by atoms with van der Waals surface area (Å²) in [5.74, 6) is -0.561. The zero-order valence-electron chi connectivity index (χ0n) is 10.3. The fraction of sp³-hybridized carbons (Fsp3) is 0.0769. The molecule has 0 bridgehead atoms. The Balaban J connectivity index is 2.44. The molecular formula is C13H12N4O2. The van der Waals surface area contributed by atoms with Crippen molar-refractivity contribution in [2.75, 3.05) is 7.11 Å². The highest BCUT2D eigenvalue weighted by Crippen LogP contribution is 2.19. The predicted octanol–water partition coefficient (Wildman–Crippen LogP) is 1.21. The van der Waals surface area contributed by atoms with Gasteiger partial charge in [-0.3, -0.25) is 15.4 Å². The first-order valence-corrected chi connectivity index (χ1v) is 5.46. The molecule has 0 radical (unpaired) electrons. The normalized spacial score (nSPS) is 9.95. The summed E-state index contributed by atoms with van der Waals surface area (Å²) in [5.41, 5.74) is 7.64. The van der Waals surface area contributed by atoms with E-state index in [0.717, 1.165) is 11.1 Å². The number of nitrogen functional groups attached to an aromatic ring is 1. The van der Waals surface area contributed by atoms with Gasteiger partial charge < -0.3 is 10.5 Å². The number of hydrogen-bond acceptors (Lipinski definition) is 5. The minimum Gasteiger partial charge on any atom is -0.465 e. The van der Waals surface area contributed by atoms with Crippen LogP contribution in [0.2, 0.25) is 0 Å². The fourth-order valence-electron chi connectivity index (χ4n) is 1.58. The van der Waals surface area contributed by atoms with Crippen LogP contribution in [0.4, 0.5) is 0 Å². The maximum atomic E-state index is 11.4. The lowest BCUT2D eigenvalue weighted by Gasteiger charge is -2.05. The highest BCUT2D eigenvalue weighted by Gasteiger charge is 2.08. The molecule has 0 atom stereocenters. The Labute approximate surface area is 109 Å². The summed E-state index contributed by atoms with van der Waals surface area (Å²) < 4.78 is 4.64. The molecule has 6 heteroatoms. The largest absolute Gasteiger partial charge is 0.465 e. The van der Waals surface area contributed by atoms with Crippen molar-refractivity contribution in [3.8, 4) is 11.1 Å². The van der Waals surface area contributed by atoms with Gasteiger partial charge >= 0.3 is 5.97 Å². The van der Waals surface area contributed by atoms with Crippen molar-refractivity contribution in [3.05, 3.63) is 48.0 Å². The topological polar surface area (TPSA) is 102 Å². The summed E-state index contributed by atoms with van der Waals surface area (Å²) in [5, 5.41) is 7.36. The van der Waals surface area contributed by atoms with Gasteiger partial charge in [-0.2, -0.15) is 0 Å². The standard InChI is InChI=1S/C13H12N4O2/c1-19-13(18)10-4-9(6-16-7-10)8-2-3-17-11(5-8)12(14)15/h2-7H,1H3,(H3,14,15). The minimum absolute atomic E-state index is 0.112. The monoisotopic (exact) mass is 256 g/mol. The Morgan fingerprint density at radius 2 is 2.11 bits per heavy atom. The van der Waals surface area contributed by atoms with Gasteiger partial charge in [-0.25, -0.2) is 4.79 Å². The van der Waals surface area contributed by atoms with E-state index >= 15 is 0 Å². The van der Waals surface area contributed by atoms with Crippen molar-refractivity contribution >= 4 is 11.8 Å². The van der Waals surface area contributed by atoms with E-state index in [0.29, 0.717) is 11.3 Å². The maximum absolute atomic E-state index is 11.4. The van der Waals surface area contributed by atoms with Gasteiger partial charge in [0.1, 0.15) is 11.5 Å². The van der Waals surface area contributed by atoms with Gasteiger partial charge in [-0.1, -0.05) is 0 Å². The number of methoxy groups -OCH3 is 1. The molecule has 96 valence electrons. The van der Waals surface area contributed by atoms with Gasteiger partial charge in [0.2, 0.25) is 0 Å². The highest BCUT2D eigenvalue weighted by atomic mass is 16.5. The van der Waals surface area contributed by atoms with Gasteiger partial charge in [-0.05, 0) is 23.8 Å². The molecule has 0 saturated carbocycles. The molecule has 0 aromatic carbocycles. The Morgan fingerprint density at radius 3 is 2.79 bits per heavy atom. The van der Waals surface area contributed by atoms with Crippen LogP contribution in [0.15, 0.2) is 36.8 Å². The number of amidine groups is 1. The van der Waals surface area contributed by atoms with Crippen molar-refractivity contribution < 1.29 is 9.53 Å². The summed E-state index contributed by atoms with van der Waals surface area (Å²) in [6, 6.07) is 5.09. The lowest BCUT2D eigenvalue weighted by Crippen LogP contribution is -2.12. The average Bonchev–Trinajstić information content (AvgIpc) is 2.46. The number of carbonyl (C=O) groups is 1. The number of nitrogens with two attached hydrogens (primary N) is 1. The van der Waals surface area contributed by atoms with Crippen molar-refractivity contribution in [1.29, 1.82) is 5.41 Å². The Bertz CT molecular complexity index is 640. The summed E-state index contributed by atoms with van der Waals surface area (Å²) in [7, 11) is 1.31. The molecule has 3 N–H and O–H groups in total. The number of esters is 1. The first-order chi connectivity index (χ1) is 9.11. The molecule has 0 aliphatic carbocycles. The molecule has 0 aliphatic heterocycles. The Hall–Kier alpha value is -2.76. The number of ether oxygens (including phenoxy) is 1. The summed E-state index contributed by atoms with van der Waals surface area (Å²) in [6.45, 7) is 0. The van der Waals surface area contributed by atoms with Crippen molar-refractivity contribution in [2.45, 2.75) is 0 Å². The van der Waals surface area contributed by atoms with Gasteiger partial charge in [0, 0.05) is 24.2 Å². The van der Waals surface area contributed by atoms with E-state index in [2.05, 4.69) is 14.7 Å². The van der Waals surface area contributed by atoms with Crippen molar-refractivity contribution in [1.82, 2.24) is 9.97 Å². The lowest BCUT2D eigenvalue weighted by molar-refractivity contribution is 0.0600. The van der Waals surface area contributed by atoms with E-state index in [1.165, 1.54) is 13.3 Å². The zero-order valence-corrected chi connectivity index (χ0v) is 10.3. The van der Waals surface area contributed by atoms with Crippen LogP contribution in [0.5, 0.6) is 0 Å². The number of hydrogen-bond donors (Lipinski definition) is 2. The molecular weight excluding hydrogens is 244 g/mol. The molecule has 0 amide bonds. The van der Waals surface area contributed by atoms with Gasteiger partial charge in [0.05, 0.1) is 12.7 Å². The van der Waals surface area contributed by atoms with Crippen LogP contribution >= 0.6 is 0 Å². The van der Waals surface area contributed by atoms with E-state index in [-0.39, 0.29) is 5.84 Å². The van der Waals surface area contributed by atoms with Crippen LogP contribution in [0, 0.1) is 5.41 Å². The number of rotatable bonds is 3. The van der Waals surface area contributed by atoms with E-state index in [9.17, 15) is 4.79 Å². The molecule has 0 saturated heterocycles. The summed E-state index contributed by atoms with van der Waals surface area (Å²) in [4.78, 5) is 19.4. The van der Waals surface area contributed by atoms with E-state index < -0.39 is 5.97 Å². The third kappa shape index (κ3) is 2.74. The molecule has 19 heavy (non-hydrogen) atoms. The molecule has 2 aromatic rings. The number of carbonyl (C=O) groups excluding carboxylic acids is 1. The number of aromatic nitrogens is 2. The SMILES string of the molecule is COC(=O)c1cncc(-c2ccnc(C(=N)N)c2)c1. The Kier molecular flexibility index (Phi) is 3.51. The quantitative estimate of drug-likeness (QED) is 0.488. The highest BCUT2D eigenvalue weighted by molar-refractivity contribution is 5.94. The second kappa shape index (κ2) is 5.26. The lowest BCUT2D eigenvalue weighted by atomic mass is 10.1. The number of nitrogens with zero attached hydrogens (tertiary/aromatic N) is 2. The Morgan fingerprint density at radius 1 is 1.32 bits per heavy atom. The fourth-order valence-corrected chi connectivity index (χ4v) is 1.58. The molecule has 0 spiro atoms. The second-order valence-corrected chi connectivity index (χ2v) is 3.80. The molecule has 0 fully saturated rings. The van der Waals surface area contributed by atoms with E-state index in [1.807, 2.05) is 0 Å². The first kappa shape index (κ1) is 12.7. The zero-order chi connectivity index (χ0) is 13.8. The van der Waals surface area contributed by atoms with Gasteiger partial charge in [0.15, 0.2) is 0 Å². The van der Waals surface area contributed by atoms with Crippen LogP contribution in [0.25, 0.3) is 11.1 Å². The van der Waals surface area contributed by atoms with Gasteiger partial charge in [0.25, 0.3) is 0 Å². The molecule has 2 aromatic heterocycles. The van der Waals surface area contributed by atoms with Crippen molar-refractivity contribution in [3.63, 3.8) is 0 Å². The first-order valence-electron chi connectivity index (χ1n) is 5.46. The third-order valence-electron chi connectivity index (χ3n) is 2.53. The van der Waals surface area contributed by atoms with Gasteiger partial charge in [-0.15, -0.1) is 0 Å². The summed E-state index contributed by atoms with van der Waals surface area (Å²) in [6.07, 6.45) is 4.60. The molecule has 0 aliphatic rings. The van der Waals surface area contributed by atoms with Crippen LogP contribution in [-0.4, -0.2) is 28.9 Å². The number of pyridine rings is 2. The van der Waals surface area contributed by atoms with Crippen LogP contribution in [0.3, 0.4) is 0 Å². The molecule has 2 rings (SSSR count). The average molecular weight is 256 g/mol. The molecule has 2 heterocycles.